The fourth-order valence-electron chi connectivity index (χ4n) is 1.88. The summed E-state index contributed by atoms with van der Waals surface area (Å²) in [6.45, 7) is 0. The van der Waals surface area contributed by atoms with Gasteiger partial charge in [-0.3, -0.25) is 4.98 Å². The van der Waals surface area contributed by atoms with E-state index in [9.17, 15) is 0 Å². The maximum Gasteiger partial charge on any atom is 0.124 e. The Morgan fingerprint density at radius 1 is 1.15 bits per heavy atom. The van der Waals surface area contributed by atoms with Gasteiger partial charge in [0.25, 0.3) is 0 Å². The fourth-order valence-corrected chi connectivity index (χ4v) is 3.12. The molecule has 106 valence electrons. The number of rotatable bonds is 4. The highest BCUT2D eigenvalue weighted by Crippen LogP contribution is 2.34. The van der Waals surface area contributed by atoms with Crippen LogP contribution in [-0.4, -0.2) is 19.2 Å². The molecule has 2 N–H and O–H groups in total. The molecular formula is C14H14Br2N2O2. The van der Waals surface area contributed by atoms with Crippen LogP contribution in [0.25, 0.3) is 0 Å². The molecule has 1 unspecified atom stereocenters. The van der Waals surface area contributed by atoms with Crippen molar-refractivity contribution in [1.29, 1.82) is 0 Å². The monoisotopic (exact) mass is 400 g/mol. The standard InChI is InChI=1S/C14H14Br2N2O2/c1-19-9-3-4-12(20-2)10(6-9)13(17)14-11(16)5-8(15)7-18-14/h3-7,13H,17H2,1-2H3. The second kappa shape index (κ2) is 6.56. The van der Waals surface area contributed by atoms with E-state index in [4.69, 9.17) is 15.2 Å². The Labute approximate surface area is 134 Å². The van der Waals surface area contributed by atoms with Crippen LogP contribution in [0.2, 0.25) is 0 Å². The van der Waals surface area contributed by atoms with E-state index in [0.717, 1.165) is 26.0 Å². The molecule has 1 atom stereocenters. The summed E-state index contributed by atoms with van der Waals surface area (Å²) in [6, 6.07) is 7.02. The summed E-state index contributed by atoms with van der Waals surface area (Å²) in [4.78, 5) is 4.37. The van der Waals surface area contributed by atoms with Crippen LogP contribution in [0, 0.1) is 0 Å². The molecule has 20 heavy (non-hydrogen) atoms. The molecule has 2 aromatic rings. The van der Waals surface area contributed by atoms with Crippen LogP contribution in [-0.2, 0) is 0 Å². The van der Waals surface area contributed by atoms with Crippen molar-refractivity contribution in [3.8, 4) is 11.5 Å². The van der Waals surface area contributed by atoms with Gasteiger partial charge in [-0.25, -0.2) is 0 Å². The third-order valence-corrected chi connectivity index (χ3v) is 3.97. The van der Waals surface area contributed by atoms with Crippen LogP contribution in [0.3, 0.4) is 0 Å². The zero-order chi connectivity index (χ0) is 14.7. The van der Waals surface area contributed by atoms with Crippen molar-refractivity contribution >= 4 is 31.9 Å². The Bertz CT molecular complexity index is 620. The summed E-state index contributed by atoms with van der Waals surface area (Å²) in [7, 11) is 3.23. The number of nitrogens with zero attached hydrogens (tertiary/aromatic N) is 1. The number of ether oxygens (including phenoxy) is 2. The van der Waals surface area contributed by atoms with E-state index >= 15 is 0 Å². The maximum absolute atomic E-state index is 6.32. The van der Waals surface area contributed by atoms with E-state index in [1.165, 1.54) is 0 Å². The lowest BCUT2D eigenvalue weighted by Crippen LogP contribution is -2.15. The number of aromatic nitrogens is 1. The molecule has 0 aliphatic heterocycles. The molecule has 0 radical (unpaired) electrons. The van der Waals surface area contributed by atoms with Crippen molar-refractivity contribution in [1.82, 2.24) is 4.98 Å². The molecule has 0 bridgehead atoms. The topological polar surface area (TPSA) is 57.4 Å². The quantitative estimate of drug-likeness (QED) is 0.848. The number of nitrogens with two attached hydrogens (primary N) is 1. The smallest absolute Gasteiger partial charge is 0.124 e. The average Bonchev–Trinajstić information content (AvgIpc) is 2.46. The Morgan fingerprint density at radius 2 is 1.90 bits per heavy atom. The maximum atomic E-state index is 6.32. The van der Waals surface area contributed by atoms with Gasteiger partial charge in [0.05, 0.1) is 26.0 Å². The minimum atomic E-state index is -0.414. The molecule has 0 aliphatic carbocycles. The number of pyridine rings is 1. The van der Waals surface area contributed by atoms with Crippen LogP contribution >= 0.6 is 31.9 Å². The van der Waals surface area contributed by atoms with Crippen LogP contribution in [0.5, 0.6) is 11.5 Å². The van der Waals surface area contributed by atoms with Crippen LogP contribution in [0.1, 0.15) is 17.3 Å². The summed E-state index contributed by atoms with van der Waals surface area (Å²) < 4.78 is 12.3. The number of halogens is 2. The average molecular weight is 402 g/mol. The van der Waals surface area contributed by atoms with Gasteiger partial charge in [-0.2, -0.15) is 0 Å². The van der Waals surface area contributed by atoms with E-state index < -0.39 is 6.04 Å². The predicted molar refractivity (Wildman–Crippen MR) is 85.2 cm³/mol. The van der Waals surface area contributed by atoms with Crippen molar-refractivity contribution in [3.05, 3.63) is 50.7 Å². The summed E-state index contributed by atoms with van der Waals surface area (Å²) in [5.41, 5.74) is 7.88. The van der Waals surface area contributed by atoms with Crippen LogP contribution in [0.15, 0.2) is 39.4 Å². The van der Waals surface area contributed by atoms with E-state index in [2.05, 4.69) is 36.8 Å². The zero-order valence-electron chi connectivity index (χ0n) is 11.1. The van der Waals surface area contributed by atoms with Crippen molar-refractivity contribution in [3.63, 3.8) is 0 Å². The minimum absolute atomic E-state index is 0.414. The van der Waals surface area contributed by atoms with Gasteiger partial charge in [0, 0.05) is 20.7 Å². The fraction of sp³-hybridized carbons (Fsp3) is 0.214. The third kappa shape index (κ3) is 3.13. The molecule has 2 rings (SSSR count). The van der Waals surface area contributed by atoms with E-state index in [1.807, 2.05) is 24.3 Å². The van der Waals surface area contributed by atoms with Gasteiger partial charge in [0.2, 0.25) is 0 Å². The lowest BCUT2D eigenvalue weighted by atomic mass is 10.0. The molecule has 1 aromatic carbocycles. The minimum Gasteiger partial charge on any atom is -0.497 e. The molecule has 6 heteroatoms. The first-order valence-corrected chi connectivity index (χ1v) is 7.44. The second-order valence-electron chi connectivity index (χ2n) is 4.11. The molecule has 1 aromatic heterocycles. The Kier molecular flexibility index (Phi) is 5.01. The SMILES string of the molecule is COc1ccc(OC)c(C(N)c2ncc(Br)cc2Br)c1. The zero-order valence-corrected chi connectivity index (χ0v) is 14.2. The second-order valence-corrected chi connectivity index (χ2v) is 5.88. The van der Waals surface area contributed by atoms with Crippen molar-refractivity contribution in [2.75, 3.05) is 14.2 Å². The van der Waals surface area contributed by atoms with E-state index in [0.29, 0.717) is 5.75 Å². The lowest BCUT2D eigenvalue weighted by Gasteiger charge is -2.17. The first-order chi connectivity index (χ1) is 9.56. The van der Waals surface area contributed by atoms with Crippen molar-refractivity contribution in [2.24, 2.45) is 5.73 Å². The highest BCUT2D eigenvalue weighted by atomic mass is 79.9. The van der Waals surface area contributed by atoms with Crippen LogP contribution in [0.4, 0.5) is 0 Å². The highest BCUT2D eigenvalue weighted by molar-refractivity contribution is 9.11. The molecule has 0 saturated heterocycles. The number of benzene rings is 1. The molecule has 0 spiro atoms. The molecule has 0 fully saturated rings. The van der Waals surface area contributed by atoms with Gasteiger partial charge in [-0.15, -0.1) is 0 Å². The van der Waals surface area contributed by atoms with E-state index in [-0.39, 0.29) is 0 Å². The normalized spacial score (nSPS) is 12.1. The van der Waals surface area contributed by atoms with Crippen molar-refractivity contribution in [2.45, 2.75) is 6.04 Å². The summed E-state index contributed by atoms with van der Waals surface area (Å²) >= 11 is 6.86. The largest absolute Gasteiger partial charge is 0.497 e. The number of methoxy groups -OCH3 is 2. The van der Waals surface area contributed by atoms with Gasteiger partial charge >= 0.3 is 0 Å². The molecular weight excluding hydrogens is 388 g/mol. The first-order valence-electron chi connectivity index (χ1n) is 5.85. The highest BCUT2D eigenvalue weighted by Gasteiger charge is 2.19. The Hall–Kier alpha value is -1.11. The van der Waals surface area contributed by atoms with Gasteiger partial charge in [-0.05, 0) is 56.1 Å². The van der Waals surface area contributed by atoms with Gasteiger partial charge in [0.1, 0.15) is 11.5 Å². The molecule has 1 heterocycles. The third-order valence-electron chi connectivity index (χ3n) is 2.90. The van der Waals surface area contributed by atoms with E-state index in [1.54, 1.807) is 20.4 Å². The Morgan fingerprint density at radius 3 is 2.50 bits per heavy atom. The van der Waals surface area contributed by atoms with Crippen molar-refractivity contribution < 1.29 is 9.47 Å². The molecule has 0 amide bonds. The summed E-state index contributed by atoms with van der Waals surface area (Å²) in [6.07, 6.45) is 1.71. The first kappa shape index (κ1) is 15.3. The molecule has 4 nitrogen and oxygen atoms in total. The number of hydrogen-bond acceptors (Lipinski definition) is 4. The Balaban J connectivity index is 2.48. The van der Waals surface area contributed by atoms with Crippen LogP contribution < -0.4 is 15.2 Å². The number of hydrogen-bond donors (Lipinski definition) is 1. The molecule has 0 aliphatic rings. The predicted octanol–water partition coefficient (Wildman–Crippen LogP) is 3.67. The van der Waals surface area contributed by atoms with Gasteiger partial charge < -0.3 is 15.2 Å². The van der Waals surface area contributed by atoms with Gasteiger partial charge in [0.15, 0.2) is 0 Å². The summed E-state index contributed by atoms with van der Waals surface area (Å²) in [5, 5.41) is 0. The lowest BCUT2D eigenvalue weighted by molar-refractivity contribution is 0.397. The summed E-state index contributed by atoms with van der Waals surface area (Å²) in [5.74, 6) is 1.43. The molecule has 0 saturated carbocycles. The van der Waals surface area contributed by atoms with Gasteiger partial charge in [-0.1, -0.05) is 0 Å².